The Bertz CT molecular complexity index is 2310. The Morgan fingerprint density at radius 3 is 2.15 bits per heavy atom. The molecule has 5 amide bonds. The van der Waals surface area contributed by atoms with Crippen LogP contribution in [0.1, 0.15) is 81.2 Å². The average Bonchev–Trinajstić information content (AvgIpc) is 3.67. The van der Waals surface area contributed by atoms with Crippen molar-refractivity contribution in [2.24, 2.45) is 5.41 Å². The van der Waals surface area contributed by atoms with Crippen LogP contribution in [0.25, 0.3) is 0 Å². The summed E-state index contributed by atoms with van der Waals surface area (Å²) < 4.78 is 41.1. The van der Waals surface area contributed by atoms with E-state index in [1.807, 2.05) is 35.2 Å². The largest absolute Gasteiger partial charge is 0.417 e. The third kappa shape index (κ3) is 7.02. The molecular weight excluding hydrogens is 778 g/mol. The number of benzene rings is 3. The van der Waals surface area contributed by atoms with E-state index >= 15 is 0 Å². The quantitative estimate of drug-likeness (QED) is 0.354. The second-order valence-corrected chi connectivity index (χ2v) is 17.1. The number of carbonyl (C=O) groups is 5. The summed E-state index contributed by atoms with van der Waals surface area (Å²) in [6.07, 6.45) is -1.73. The van der Waals surface area contributed by atoms with Gasteiger partial charge in [0.2, 0.25) is 11.8 Å². The van der Waals surface area contributed by atoms with Crippen LogP contribution in [0.3, 0.4) is 0 Å². The van der Waals surface area contributed by atoms with E-state index in [-0.39, 0.29) is 52.9 Å². The number of piperidine rings is 2. The number of anilines is 3. The number of rotatable bonds is 6. The molecule has 312 valence electrons. The van der Waals surface area contributed by atoms with Crippen LogP contribution in [-0.4, -0.2) is 121 Å². The van der Waals surface area contributed by atoms with Crippen LogP contribution in [0.5, 0.6) is 0 Å². The molecule has 0 saturated carbocycles. The molecule has 0 bridgehead atoms. The van der Waals surface area contributed by atoms with Crippen molar-refractivity contribution in [3.8, 4) is 6.07 Å². The fraction of sp³-hybridized carbons (Fsp3) is 0.455. The van der Waals surface area contributed by atoms with E-state index in [4.69, 9.17) is 0 Å². The number of hydrogen-bond acceptors (Lipinski definition) is 10. The molecule has 6 aliphatic rings. The summed E-state index contributed by atoms with van der Waals surface area (Å²) in [4.78, 5) is 75.7. The van der Waals surface area contributed by atoms with E-state index < -0.39 is 41.4 Å². The van der Waals surface area contributed by atoms with Crippen LogP contribution in [0.4, 0.5) is 30.2 Å². The van der Waals surface area contributed by atoms with E-state index in [9.17, 15) is 42.4 Å². The minimum absolute atomic E-state index is 0.00532. The van der Waals surface area contributed by atoms with Gasteiger partial charge in [0, 0.05) is 100 Å². The molecule has 5 saturated heterocycles. The molecule has 6 heterocycles. The molecule has 6 aliphatic heterocycles. The second kappa shape index (κ2) is 14.9. The number of halogens is 3. The van der Waals surface area contributed by atoms with E-state index in [1.165, 1.54) is 6.07 Å². The van der Waals surface area contributed by atoms with Gasteiger partial charge in [0.1, 0.15) is 6.04 Å². The Balaban J connectivity index is 0.743. The number of carbonyl (C=O) groups excluding carboxylic acids is 5. The smallest absolute Gasteiger partial charge is 0.371 e. The van der Waals surface area contributed by atoms with Gasteiger partial charge in [-0.25, -0.2) is 0 Å². The van der Waals surface area contributed by atoms with E-state index in [0.717, 1.165) is 80.9 Å². The van der Waals surface area contributed by atoms with Crippen LogP contribution in [0.15, 0.2) is 60.7 Å². The molecule has 5 fully saturated rings. The van der Waals surface area contributed by atoms with Gasteiger partial charge in [-0.3, -0.25) is 39.1 Å². The van der Waals surface area contributed by atoms with Crippen LogP contribution in [-0.2, 0) is 15.8 Å². The molecule has 60 heavy (non-hydrogen) atoms. The maximum atomic E-state index is 13.7. The lowest BCUT2D eigenvalue weighted by molar-refractivity contribution is -0.138. The van der Waals surface area contributed by atoms with Crippen molar-refractivity contribution in [3.63, 3.8) is 0 Å². The first-order chi connectivity index (χ1) is 28.7. The van der Waals surface area contributed by atoms with Gasteiger partial charge in [-0.1, -0.05) is 0 Å². The number of nitrogens with zero attached hydrogens (tertiary/aromatic N) is 7. The summed E-state index contributed by atoms with van der Waals surface area (Å²) in [5.41, 5.74) is 2.25. The lowest BCUT2D eigenvalue weighted by atomic mass is 9.76. The van der Waals surface area contributed by atoms with Crippen molar-refractivity contribution < 1.29 is 37.1 Å². The van der Waals surface area contributed by atoms with Crippen LogP contribution < -0.4 is 20.0 Å². The lowest BCUT2D eigenvalue weighted by Gasteiger charge is -2.49. The number of alkyl halides is 3. The molecule has 1 unspecified atom stereocenters. The highest BCUT2D eigenvalue weighted by molar-refractivity contribution is 6.23. The van der Waals surface area contributed by atoms with Gasteiger partial charge in [-0.15, -0.1) is 0 Å². The highest BCUT2D eigenvalue weighted by Crippen LogP contribution is 2.46. The number of piperazine rings is 1. The SMILES string of the molecule is C[C@H]1CC2(CCN(c3ccc(C(=O)N4CCN(C5CN(c6ccc7c(c6)C(=O)N(C6CCC(=O)NC6=O)C7=O)C5)CC4)cc3)CC2)CN1c1ccc(C#N)c(C(F)(F)F)c1. The average molecular weight is 823 g/mol. The Labute approximate surface area is 345 Å². The first kappa shape index (κ1) is 39.5. The first-order valence-corrected chi connectivity index (χ1v) is 20.6. The molecule has 9 rings (SSSR count). The molecule has 2 atom stereocenters. The molecule has 1 N–H and O–H groups in total. The standard InChI is InChI=1S/C44H45F3N8O5/c1-27-22-43(26-54(27)32-7-4-29(23-48)36(21-32)44(45,46)47)12-14-50(15-13-43)30-5-2-28(3-6-30)40(58)52-18-16-51(17-19-52)33-24-53(25-33)31-8-9-34-35(20-31)42(60)55(41(34)59)37-10-11-38(56)49-39(37)57/h2-9,20-21,27,33,37H,10-19,22,24-26H2,1H3,(H,49,56,57)/t27-,37?/m0/s1. The third-order valence-electron chi connectivity index (χ3n) is 13.6. The molecule has 3 aromatic rings. The van der Waals surface area contributed by atoms with Gasteiger partial charge in [-0.05, 0) is 98.7 Å². The van der Waals surface area contributed by atoms with Crippen LogP contribution >= 0.6 is 0 Å². The highest BCUT2D eigenvalue weighted by Gasteiger charge is 2.47. The van der Waals surface area contributed by atoms with Crippen molar-refractivity contribution in [1.82, 2.24) is 20.0 Å². The fourth-order valence-electron chi connectivity index (χ4n) is 10.1. The van der Waals surface area contributed by atoms with Crippen molar-refractivity contribution in [2.75, 3.05) is 73.6 Å². The van der Waals surface area contributed by atoms with Gasteiger partial charge in [-0.2, -0.15) is 18.4 Å². The molecule has 0 aliphatic carbocycles. The van der Waals surface area contributed by atoms with E-state index in [1.54, 1.807) is 24.3 Å². The molecule has 3 aromatic carbocycles. The monoisotopic (exact) mass is 822 g/mol. The lowest BCUT2D eigenvalue weighted by Crippen LogP contribution is -2.63. The van der Waals surface area contributed by atoms with Crippen molar-refractivity contribution >= 4 is 46.6 Å². The summed E-state index contributed by atoms with van der Waals surface area (Å²) in [6.45, 7) is 8.49. The summed E-state index contributed by atoms with van der Waals surface area (Å²) in [5.74, 6) is -2.10. The van der Waals surface area contributed by atoms with Crippen molar-refractivity contribution in [2.45, 2.75) is 63.3 Å². The molecule has 16 heteroatoms. The molecular formula is C44H45F3N8O5. The van der Waals surface area contributed by atoms with Crippen LogP contribution in [0.2, 0.25) is 0 Å². The topological polar surface area (TPSA) is 141 Å². The number of amides is 5. The van der Waals surface area contributed by atoms with E-state index in [2.05, 4.69) is 31.8 Å². The van der Waals surface area contributed by atoms with Gasteiger partial charge >= 0.3 is 6.18 Å². The van der Waals surface area contributed by atoms with Gasteiger partial charge in [0.05, 0.1) is 28.3 Å². The zero-order valence-corrected chi connectivity index (χ0v) is 33.2. The Morgan fingerprint density at radius 2 is 1.48 bits per heavy atom. The number of nitrogens with one attached hydrogen (secondary N) is 1. The maximum Gasteiger partial charge on any atom is 0.417 e. The number of nitriles is 1. The van der Waals surface area contributed by atoms with Crippen LogP contribution in [0, 0.1) is 16.7 Å². The molecule has 0 aromatic heterocycles. The Morgan fingerprint density at radius 1 is 0.817 bits per heavy atom. The maximum absolute atomic E-state index is 13.7. The third-order valence-corrected chi connectivity index (χ3v) is 13.6. The molecule has 1 spiro atoms. The normalized spacial score (nSPS) is 23.6. The van der Waals surface area contributed by atoms with Gasteiger partial charge in [0.15, 0.2) is 0 Å². The fourth-order valence-corrected chi connectivity index (χ4v) is 10.1. The number of hydrogen-bond donors (Lipinski definition) is 1. The summed E-state index contributed by atoms with van der Waals surface area (Å²) >= 11 is 0. The number of fused-ring (bicyclic) bond motifs is 1. The first-order valence-electron chi connectivity index (χ1n) is 20.6. The predicted octanol–water partition coefficient (Wildman–Crippen LogP) is 4.51. The Kier molecular flexibility index (Phi) is 9.84. The van der Waals surface area contributed by atoms with Gasteiger partial charge in [0.25, 0.3) is 17.7 Å². The predicted molar refractivity (Wildman–Crippen MR) is 214 cm³/mol. The Hall–Kier alpha value is -5.95. The summed E-state index contributed by atoms with van der Waals surface area (Å²) in [7, 11) is 0. The van der Waals surface area contributed by atoms with Crippen molar-refractivity contribution in [1.29, 1.82) is 5.26 Å². The van der Waals surface area contributed by atoms with E-state index in [0.29, 0.717) is 30.9 Å². The number of imide groups is 2. The zero-order chi connectivity index (χ0) is 42.1. The highest BCUT2D eigenvalue weighted by atomic mass is 19.4. The minimum Gasteiger partial charge on any atom is -0.371 e. The van der Waals surface area contributed by atoms with Gasteiger partial charge < -0.3 is 19.6 Å². The second-order valence-electron chi connectivity index (χ2n) is 17.1. The molecule has 0 radical (unpaired) electrons. The molecule has 13 nitrogen and oxygen atoms in total. The zero-order valence-electron chi connectivity index (χ0n) is 33.2. The summed E-state index contributed by atoms with van der Waals surface area (Å²) in [6, 6.07) is 18.0. The minimum atomic E-state index is -4.60. The van der Waals surface area contributed by atoms with Crippen molar-refractivity contribution in [3.05, 3.63) is 88.5 Å². The summed E-state index contributed by atoms with van der Waals surface area (Å²) in [5, 5.41) is 11.4.